The van der Waals surface area contributed by atoms with Gasteiger partial charge in [0.15, 0.2) is 0 Å². The van der Waals surface area contributed by atoms with Crippen LogP contribution in [-0.2, 0) is 9.59 Å². The summed E-state index contributed by atoms with van der Waals surface area (Å²) in [6, 6.07) is 6.21. The Morgan fingerprint density at radius 1 is 1.41 bits per heavy atom. The Kier molecular flexibility index (Phi) is 5.89. The maximum Gasteiger partial charge on any atom is 0.242 e. The Morgan fingerprint density at radius 3 is 2.77 bits per heavy atom. The van der Waals surface area contributed by atoms with Crippen molar-refractivity contribution in [3.8, 4) is 0 Å². The van der Waals surface area contributed by atoms with Gasteiger partial charge in [-0.05, 0) is 49.9 Å². The smallest absolute Gasteiger partial charge is 0.242 e. The Bertz CT molecular complexity index is 560. The van der Waals surface area contributed by atoms with Crippen molar-refractivity contribution < 1.29 is 9.59 Å². The van der Waals surface area contributed by atoms with E-state index in [4.69, 9.17) is 0 Å². The maximum atomic E-state index is 12.1. The number of hydrogen-bond donors (Lipinski definition) is 2. The van der Waals surface area contributed by atoms with E-state index in [9.17, 15) is 9.59 Å². The second-order valence-electron chi connectivity index (χ2n) is 5.83. The van der Waals surface area contributed by atoms with Crippen LogP contribution in [0.4, 0.5) is 0 Å². The van der Waals surface area contributed by atoms with Gasteiger partial charge >= 0.3 is 0 Å². The summed E-state index contributed by atoms with van der Waals surface area (Å²) >= 11 is 1.76. The van der Waals surface area contributed by atoms with E-state index in [0.29, 0.717) is 12.8 Å². The summed E-state index contributed by atoms with van der Waals surface area (Å²) in [6.07, 6.45) is 1.93. The van der Waals surface area contributed by atoms with Gasteiger partial charge in [0.25, 0.3) is 0 Å². The van der Waals surface area contributed by atoms with Crippen molar-refractivity contribution in [2.45, 2.75) is 57.0 Å². The van der Waals surface area contributed by atoms with Crippen LogP contribution in [0.2, 0.25) is 0 Å². The first-order chi connectivity index (χ1) is 10.5. The standard InChI is InChI=1S/C17H24N2O2S/c1-4-13(18-17(21)15-7-8-16(20)19-15)10-22-14-6-5-11(2)12(3)9-14/h5-6,9,13,15H,4,7-8,10H2,1-3H3,(H,18,21)(H,19,20)/t13?,15-/m1/s1. The monoisotopic (exact) mass is 320 g/mol. The van der Waals surface area contributed by atoms with Gasteiger partial charge in [-0.1, -0.05) is 13.0 Å². The second kappa shape index (κ2) is 7.68. The van der Waals surface area contributed by atoms with Crippen LogP contribution in [0.15, 0.2) is 23.1 Å². The fourth-order valence-electron chi connectivity index (χ4n) is 2.37. The molecular formula is C17H24N2O2S. The van der Waals surface area contributed by atoms with Crippen molar-refractivity contribution >= 4 is 23.6 Å². The summed E-state index contributed by atoms with van der Waals surface area (Å²) in [7, 11) is 0. The molecule has 22 heavy (non-hydrogen) atoms. The zero-order chi connectivity index (χ0) is 16.1. The van der Waals surface area contributed by atoms with Crippen LogP contribution < -0.4 is 10.6 Å². The van der Waals surface area contributed by atoms with Gasteiger partial charge in [0, 0.05) is 23.1 Å². The SMILES string of the molecule is CCC(CSc1ccc(C)c(C)c1)NC(=O)[C@H]1CCC(=O)N1. The molecule has 0 aromatic heterocycles. The molecule has 1 heterocycles. The van der Waals surface area contributed by atoms with Crippen molar-refractivity contribution in [1.29, 1.82) is 0 Å². The van der Waals surface area contributed by atoms with E-state index in [1.54, 1.807) is 11.8 Å². The van der Waals surface area contributed by atoms with Crippen molar-refractivity contribution in [3.63, 3.8) is 0 Å². The summed E-state index contributed by atoms with van der Waals surface area (Å²) in [5.41, 5.74) is 2.58. The molecule has 2 N–H and O–H groups in total. The number of amides is 2. The Hall–Kier alpha value is -1.49. The first-order valence-corrected chi connectivity index (χ1v) is 8.78. The van der Waals surface area contributed by atoms with Gasteiger partial charge < -0.3 is 10.6 Å². The topological polar surface area (TPSA) is 58.2 Å². The molecule has 0 aliphatic carbocycles. The van der Waals surface area contributed by atoms with Crippen LogP contribution in [-0.4, -0.2) is 29.7 Å². The lowest BCUT2D eigenvalue weighted by Gasteiger charge is -2.19. The average Bonchev–Trinajstić information content (AvgIpc) is 2.93. The second-order valence-corrected chi connectivity index (χ2v) is 6.92. The summed E-state index contributed by atoms with van der Waals surface area (Å²) in [4.78, 5) is 24.6. The van der Waals surface area contributed by atoms with E-state index in [2.05, 4.69) is 49.6 Å². The van der Waals surface area contributed by atoms with E-state index in [1.807, 2.05) is 0 Å². The van der Waals surface area contributed by atoms with E-state index in [0.717, 1.165) is 12.2 Å². The molecule has 5 heteroatoms. The highest BCUT2D eigenvalue weighted by Crippen LogP contribution is 2.22. The molecule has 2 atom stereocenters. The number of nitrogens with one attached hydrogen (secondary N) is 2. The molecule has 0 bridgehead atoms. The van der Waals surface area contributed by atoms with Crippen molar-refractivity contribution in [1.82, 2.24) is 10.6 Å². The Balaban J connectivity index is 1.85. The average molecular weight is 320 g/mol. The molecule has 1 aliphatic rings. The third-order valence-electron chi connectivity index (χ3n) is 4.08. The molecule has 120 valence electrons. The fourth-order valence-corrected chi connectivity index (χ4v) is 3.51. The first-order valence-electron chi connectivity index (χ1n) is 7.79. The van der Waals surface area contributed by atoms with Crippen LogP contribution in [0.1, 0.15) is 37.3 Å². The van der Waals surface area contributed by atoms with E-state index in [1.165, 1.54) is 16.0 Å². The molecule has 0 radical (unpaired) electrons. The Labute approximate surface area is 136 Å². The number of thioether (sulfide) groups is 1. The summed E-state index contributed by atoms with van der Waals surface area (Å²) in [5, 5.41) is 5.76. The van der Waals surface area contributed by atoms with Gasteiger partial charge in [-0.15, -0.1) is 11.8 Å². The van der Waals surface area contributed by atoms with E-state index >= 15 is 0 Å². The minimum absolute atomic E-state index is 0.0299. The lowest BCUT2D eigenvalue weighted by atomic mass is 10.1. The molecule has 1 fully saturated rings. The third-order valence-corrected chi connectivity index (χ3v) is 5.24. The maximum absolute atomic E-state index is 12.1. The number of carbonyl (C=O) groups is 2. The largest absolute Gasteiger partial charge is 0.351 e. The number of carbonyl (C=O) groups excluding carboxylic acids is 2. The quantitative estimate of drug-likeness (QED) is 0.792. The number of rotatable bonds is 6. The predicted molar refractivity (Wildman–Crippen MR) is 90.0 cm³/mol. The van der Waals surface area contributed by atoms with Gasteiger partial charge in [-0.3, -0.25) is 9.59 Å². The van der Waals surface area contributed by atoms with Crippen molar-refractivity contribution in [3.05, 3.63) is 29.3 Å². The fraction of sp³-hybridized carbons (Fsp3) is 0.529. The van der Waals surface area contributed by atoms with Crippen molar-refractivity contribution in [2.24, 2.45) is 0 Å². The van der Waals surface area contributed by atoms with Gasteiger partial charge in [-0.2, -0.15) is 0 Å². The van der Waals surface area contributed by atoms with Crippen LogP contribution in [0.5, 0.6) is 0 Å². The molecule has 2 amide bonds. The van der Waals surface area contributed by atoms with Gasteiger partial charge in [0.2, 0.25) is 11.8 Å². The molecular weight excluding hydrogens is 296 g/mol. The summed E-state index contributed by atoms with van der Waals surface area (Å²) in [6.45, 7) is 6.29. The highest BCUT2D eigenvalue weighted by molar-refractivity contribution is 7.99. The first kappa shape index (κ1) is 16.9. The molecule has 1 aliphatic heterocycles. The van der Waals surface area contributed by atoms with Gasteiger partial charge in [-0.25, -0.2) is 0 Å². The number of hydrogen-bond acceptors (Lipinski definition) is 3. The minimum Gasteiger partial charge on any atom is -0.351 e. The molecule has 1 aromatic carbocycles. The third kappa shape index (κ3) is 4.50. The van der Waals surface area contributed by atoms with Crippen LogP contribution in [0, 0.1) is 13.8 Å². The molecule has 0 spiro atoms. The Morgan fingerprint density at radius 2 is 2.18 bits per heavy atom. The summed E-state index contributed by atoms with van der Waals surface area (Å²) < 4.78 is 0. The highest BCUT2D eigenvalue weighted by atomic mass is 32.2. The van der Waals surface area contributed by atoms with Gasteiger partial charge in [0.05, 0.1) is 0 Å². The molecule has 0 saturated carbocycles. The summed E-state index contributed by atoms with van der Waals surface area (Å²) in [5.74, 6) is 0.752. The highest BCUT2D eigenvalue weighted by Gasteiger charge is 2.28. The molecule has 1 unspecified atom stereocenters. The normalized spacial score (nSPS) is 18.9. The molecule has 4 nitrogen and oxygen atoms in total. The zero-order valence-electron chi connectivity index (χ0n) is 13.4. The van der Waals surface area contributed by atoms with Crippen LogP contribution in [0.25, 0.3) is 0 Å². The van der Waals surface area contributed by atoms with Crippen LogP contribution >= 0.6 is 11.8 Å². The number of benzene rings is 1. The van der Waals surface area contributed by atoms with E-state index in [-0.39, 0.29) is 23.9 Å². The predicted octanol–water partition coefficient (Wildman–Crippen LogP) is 2.57. The molecule has 1 saturated heterocycles. The van der Waals surface area contributed by atoms with Crippen LogP contribution in [0.3, 0.4) is 0 Å². The number of aryl methyl sites for hydroxylation is 2. The molecule has 1 aromatic rings. The molecule has 2 rings (SSSR count). The minimum atomic E-state index is -0.354. The zero-order valence-corrected chi connectivity index (χ0v) is 14.3. The van der Waals surface area contributed by atoms with Crippen molar-refractivity contribution in [2.75, 3.05) is 5.75 Å². The lowest BCUT2D eigenvalue weighted by molar-refractivity contribution is -0.126. The lowest BCUT2D eigenvalue weighted by Crippen LogP contribution is -2.46. The van der Waals surface area contributed by atoms with Gasteiger partial charge in [0.1, 0.15) is 6.04 Å². The van der Waals surface area contributed by atoms with E-state index < -0.39 is 0 Å².